The molecule has 0 spiro atoms. The summed E-state index contributed by atoms with van der Waals surface area (Å²) in [5, 5.41) is 18.1. The van der Waals surface area contributed by atoms with Crippen LogP contribution >= 0.6 is 22.7 Å². The lowest BCUT2D eigenvalue weighted by atomic mass is 10.0. The average molecular weight is 430 g/mol. The van der Waals surface area contributed by atoms with Gasteiger partial charge in [0.1, 0.15) is 10.0 Å². The fourth-order valence-corrected chi connectivity index (χ4v) is 4.46. The van der Waals surface area contributed by atoms with E-state index in [0.29, 0.717) is 0 Å². The number of nitrogens with zero attached hydrogens (tertiary/aromatic N) is 2. The van der Waals surface area contributed by atoms with Crippen molar-refractivity contribution in [1.82, 2.24) is 9.97 Å². The lowest BCUT2D eigenvalue weighted by molar-refractivity contribution is -0.254. The Balaban J connectivity index is 2.42. The number of hydrogen-bond acceptors (Lipinski definition) is 6. The summed E-state index contributed by atoms with van der Waals surface area (Å²) in [6, 6.07) is 0. The first kappa shape index (κ1) is 20.2. The van der Waals surface area contributed by atoms with E-state index in [4.69, 9.17) is 10.2 Å². The lowest BCUT2D eigenvalue weighted by Crippen LogP contribution is -2.49. The summed E-state index contributed by atoms with van der Waals surface area (Å²) in [5.41, 5.74) is -4.66. The minimum atomic E-state index is -5.70. The molecule has 12 heteroatoms. The smallest absolute Gasteiger partial charge is 0.380 e. The highest BCUT2D eigenvalue weighted by Gasteiger charge is 2.81. The van der Waals surface area contributed by atoms with E-state index in [2.05, 4.69) is 9.97 Å². The lowest BCUT2D eigenvalue weighted by Gasteiger charge is -2.25. The highest BCUT2D eigenvalue weighted by Crippen LogP contribution is 2.65. The summed E-state index contributed by atoms with van der Waals surface area (Å²) in [6.07, 6.45) is 0. The van der Waals surface area contributed by atoms with Crippen molar-refractivity contribution in [3.63, 3.8) is 0 Å². The van der Waals surface area contributed by atoms with E-state index in [-0.39, 0.29) is 19.8 Å². The molecule has 2 heterocycles. The number of halogens is 6. The highest BCUT2D eigenvalue weighted by atomic mass is 32.1. The van der Waals surface area contributed by atoms with E-state index in [1.54, 1.807) is 0 Å². The van der Waals surface area contributed by atoms with Crippen LogP contribution < -0.4 is 0 Å². The molecule has 2 aromatic rings. The van der Waals surface area contributed by atoms with Crippen molar-refractivity contribution >= 4 is 33.8 Å². The largest absolute Gasteiger partial charge is 0.389 e. The molecule has 0 aromatic carbocycles. The maximum Gasteiger partial charge on any atom is 0.380 e. The molecule has 4 nitrogen and oxygen atoms in total. The molecule has 2 aromatic heterocycles. The third kappa shape index (κ3) is 2.64. The van der Waals surface area contributed by atoms with Crippen LogP contribution in [0.25, 0.3) is 11.1 Å². The molecule has 27 heavy (non-hydrogen) atoms. The number of rotatable bonds is 4. The zero-order valence-corrected chi connectivity index (χ0v) is 15.4. The standard InChI is InChI=1S/C15H12F6N2O2S2/c1-5-11(22-7(3-24)26-5)9-10(12-6(2)27-8(4-25)23-12)14(18,19)15(20,21)13(9,16)17/h24-25H,3-4H2,1-2H3. The molecule has 0 saturated carbocycles. The predicted octanol–water partition coefficient (Wildman–Crippen LogP) is 4.03. The second kappa shape index (κ2) is 6.26. The van der Waals surface area contributed by atoms with Crippen LogP contribution in [-0.2, 0) is 13.2 Å². The Morgan fingerprint density at radius 1 is 0.741 bits per heavy atom. The molecule has 0 bridgehead atoms. The number of aliphatic hydroxyl groups excluding tert-OH is 2. The number of alkyl halides is 6. The van der Waals surface area contributed by atoms with Crippen molar-refractivity contribution in [2.45, 2.75) is 44.8 Å². The summed E-state index contributed by atoms with van der Waals surface area (Å²) < 4.78 is 86.5. The number of aliphatic hydroxyl groups is 2. The van der Waals surface area contributed by atoms with Crippen molar-refractivity contribution in [2.75, 3.05) is 0 Å². The molecule has 3 rings (SSSR count). The number of aryl methyl sites for hydroxylation is 2. The topological polar surface area (TPSA) is 66.2 Å². The fourth-order valence-electron chi connectivity index (χ4n) is 2.86. The first-order chi connectivity index (χ1) is 12.4. The fraction of sp³-hybridized carbons (Fsp3) is 0.467. The molecule has 0 aliphatic heterocycles. The SMILES string of the molecule is Cc1sc(CO)nc1C1=C(c2nc(CO)sc2C)C(F)(F)C(F)(F)C1(F)F. The molecule has 1 aliphatic carbocycles. The summed E-state index contributed by atoms with van der Waals surface area (Å²) in [6.45, 7) is 1.21. The van der Waals surface area contributed by atoms with E-state index in [1.807, 2.05) is 0 Å². The summed E-state index contributed by atoms with van der Waals surface area (Å²) in [5.74, 6) is -16.1. The van der Waals surface area contributed by atoms with Crippen LogP contribution in [0.3, 0.4) is 0 Å². The first-order valence-corrected chi connectivity index (χ1v) is 9.07. The van der Waals surface area contributed by atoms with Crippen LogP contribution in [0.15, 0.2) is 0 Å². The van der Waals surface area contributed by atoms with Crippen LogP contribution in [0.1, 0.15) is 31.2 Å². The Hall–Kier alpha value is -1.50. The van der Waals surface area contributed by atoms with Gasteiger partial charge in [-0.15, -0.1) is 22.7 Å². The van der Waals surface area contributed by atoms with Crippen molar-refractivity contribution in [3.8, 4) is 0 Å². The van der Waals surface area contributed by atoms with Gasteiger partial charge in [0, 0.05) is 9.75 Å². The quantitative estimate of drug-likeness (QED) is 0.719. The number of hydrogen-bond donors (Lipinski definition) is 2. The Morgan fingerprint density at radius 2 is 1.07 bits per heavy atom. The van der Waals surface area contributed by atoms with E-state index in [1.165, 1.54) is 13.8 Å². The van der Waals surface area contributed by atoms with E-state index in [0.717, 1.165) is 22.7 Å². The van der Waals surface area contributed by atoms with Crippen molar-refractivity contribution in [2.24, 2.45) is 0 Å². The molecule has 0 saturated heterocycles. The Morgan fingerprint density at radius 3 is 1.33 bits per heavy atom. The maximum absolute atomic E-state index is 14.6. The Bertz CT molecular complexity index is 863. The average Bonchev–Trinajstić information content (AvgIpc) is 3.16. The van der Waals surface area contributed by atoms with Crippen LogP contribution in [-0.4, -0.2) is 37.9 Å². The minimum Gasteiger partial charge on any atom is -0.389 e. The van der Waals surface area contributed by atoms with E-state index >= 15 is 0 Å². The molecule has 2 N–H and O–H groups in total. The summed E-state index contributed by atoms with van der Waals surface area (Å²) in [4.78, 5) is 7.28. The third-order valence-corrected chi connectivity index (χ3v) is 6.00. The van der Waals surface area contributed by atoms with Gasteiger partial charge in [-0.1, -0.05) is 0 Å². The Labute approximate surface area is 156 Å². The van der Waals surface area contributed by atoms with Gasteiger partial charge in [0.15, 0.2) is 0 Å². The van der Waals surface area contributed by atoms with Crippen LogP contribution in [0.2, 0.25) is 0 Å². The molecule has 148 valence electrons. The van der Waals surface area contributed by atoms with Crippen LogP contribution in [0.5, 0.6) is 0 Å². The van der Waals surface area contributed by atoms with Gasteiger partial charge in [-0.05, 0) is 13.8 Å². The summed E-state index contributed by atoms with van der Waals surface area (Å²) >= 11 is 1.47. The number of thiazole rings is 2. The zero-order valence-electron chi connectivity index (χ0n) is 13.8. The van der Waals surface area contributed by atoms with Gasteiger partial charge in [0.05, 0.1) is 35.7 Å². The van der Waals surface area contributed by atoms with Gasteiger partial charge in [0.25, 0.3) is 0 Å². The van der Waals surface area contributed by atoms with Gasteiger partial charge in [-0.3, -0.25) is 0 Å². The van der Waals surface area contributed by atoms with Gasteiger partial charge in [0.2, 0.25) is 0 Å². The first-order valence-electron chi connectivity index (χ1n) is 7.43. The molecule has 1 aliphatic rings. The molecule has 0 unspecified atom stereocenters. The van der Waals surface area contributed by atoms with Crippen molar-refractivity contribution < 1.29 is 36.6 Å². The molecule has 0 fully saturated rings. The van der Waals surface area contributed by atoms with Crippen molar-refractivity contribution in [3.05, 3.63) is 31.2 Å². The zero-order chi connectivity index (χ0) is 20.4. The van der Waals surface area contributed by atoms with Crippen molar-refractivity contribution in [1.29, 1.82) is 0 Å². The molecular formula is C15H12F6N2O2S2. The van der Waals surface area contributed by atoms with E-state index < -0.39 is 53.5 Å². The molecule has 0 amide bonds. The van der Waals surface area contributed by atoms with Gasteiger partial charge >= 0.3 is 17.8 Å². The predicted molar refractivity (Wildman–Crippen MR) is 87.2 cm³/mol. The molecule has 0 atom stereocenters. The highest BCUT2D eigenvalue weighted by molar-refractivity contribution is 7.12. The second-order valence-electron chi connectivity index (χ2n) is 5.81. The van der Waals surface area contributed by atoms with Gasteiger partial charge < -0.3 is 10.2 Å². The number of aromatic nitrogens is 2. The number of allylic oxidation sites excluding steroid dienone is 2. The normalized spacial score (nSPS) is 20.5. The van der Waals surface area contributed by atoms with Gasteiger partial charge in [-0.25, -0.2) is 9.97 Å². The van der Waals surface area contributed by atoms with Crippen LogP contribution in [0.4, 0.5) is 26.3 Å². The second-order valence-corrected chi connectivity index (χ2v) is 8.39. The Kier molecular flexibility index (Phi) is 4.69. The minimum absolute atomic E-state index is 0.0185. The maximum atomic E-state index is 14.6. The summed E-state index contributed by atoms with van der Waals surface area (Å²) in [7, 11) is 0. The third-order valence-electron chi connectivity index (χ3n) is 4.09. The molecular weight excluding hydrogens is 418 g/mol. The monoisotopic (exact) mass is 430 g/mol. The van der Waals surface area contributed by atoms with Gasteiger partial charge in [-0.2, -0.15) is 26.3 Å². The molecule has 0 radical (unpaired) electrons. The van der Waals surface area contributed by atoms with Crippen LogP contribution in [0, 0.1) is 13.8 Å². The van der Waals surface area contributed by atoms with E-state index in [9.17, 15) is 26.3 Å².